The van der Waals surface area contributed by atoms with E-state index in [1.165, 1.54) is 0 Å². The lowest BCUT2D eigenvalue weighted by Crippen LogP contribution is -2.41. The van der Waals surface area contributed by atoms with Gasteiger partial charge in [-0.05, 0) is 32.4 Å². The molecule has 0 spiro atoms. The molecule has 1 fully saturated rings. The van der Waals surface area contributed by atoms with Gasteiger partial charge in [0.1, 0.15) is 0 Å². The van der Waals surface area contributed by atoms with Crippen LogP contribution in [0.25, 0.3) is 10.9 Å². The Labute approximate surface area is 123 Å². The van der Waals surface area contributed by atoms with E-state index in [1.54, 1.807) is 6.07 Å². The molecule has 2 heterocycles. The highest BCUT2D eigenvalue weighted by Gasteiger charge is 2.37. The smallest absolute Gasteiger partial charge is 0.354 e. The number of hydrogen-bond donors (Lipinski definition) is 2. The molecule has 1 aliphatic rings. The third-order valence-corrected chi connectivity index (χ3v) is 4.24. The summed E-state index contributed by atoms with van der Waals surface area (Å²) in [5.74, 6) is -1.02. The lowest BCUT2D eigenvalue weighted by molar-refractivity contribution is 0.0691. The standard InChI is InChI=1S/C16H18N2O3/c1-10-16(2,7-8-21-10)18-13-9-14(15(19)20)17-12-6-4-3-5-11(12)13/h3-6,9-10H,7-8H2,1-2H3,(H,17,18)(H,19,20). The van der Waals surface area contributed by atoms with E-state index in [2.05, 4.69) is 17.2 Å². The van der Waals surface area contributed by atoms with Crippen molar-refractivity contribution >= 4 is 22.6 Å². The fraction of sp³-hybridized carbons (Fsp3) is 0.375. The molecule has 1 aliphatic heterocycles. The molecular weight excluding hydrogens is 268 g/mol. The quantitative estimate of drug-likeness (QED) is 0.907. The highest BCUT2D eigenvalue weighted by Crippen LogP contribution is 2.32. The van der Waals surface area contributed by atoms with Crippen molar-refractivity contribution in [2.24, 2.45) is 0 Å². The van der Waals surface area contributed by atoms with Gasteiger partial charge in [-0.1, -0.05) is 18.2 Å². The van der Waals surface area contributed by atoms with Crippen molar-refractivity contribution in [1.82, 2.24) is 4.98 Å². The van der Waals surface area contributed by atoms with Crippen molar-refractivity contribution in [3.8, 4) is 0 Å². The Morgan fingerprint density at radius 3 is 2.90 bits per heavy atom. The molecule has 2 N–H and O–H groups in total. The SMILES string of the molecule is CC1OCCC1(C)Nc1cc(C(=O)O)nc2ccccc12. The zero-order valence-electron chi connectivity index (χ0n) is 12.1. The van der Waals surface area contributed by atoms with Crippen LogP contribution < -0.4 is 5.32 Å². The van der Waals surface area contributed by atoms with Gasteiger partial charge in [0.2, 0.25) is 0 Å². The van der Waals surface area contributed by atoms with Gasteiger partial charge < -0.3 is 15.2 Å². The topological polar surface area (TPSA) is 71.5 Å². The van der Waals surface area contributed by atoms with Crippen LogP contribution in [0.5, 0.6) is 0 Å². The van der Waals surface area contributed by atoms with Crippen LogP contribution in [0, 0.1) is 0 Å². The van der Waals surface area contributed by atoms with Gasteiger partial charge in [0, 0.05) is 17.7 Å². The fourth-order valence-electron chi connectivity index (χ4n) is 2.70. The van der Waals surface area contributed by atoms with E-state index >= 15 is 0 Å². The number of anilines is 1. The third kappa shape index (κ3) is 2.45. The third-order valence-electron chi connectivity index (χ3n) is 4.24. The first-order chi connectivity index (χ1) is 9.99. The summed E-state index contributed by atoms with van der Waals surface area (Å²) in [5, 5.41) is 13.6. The number of aromatic carboxylic acids is 1. The molecule has 0 amide bonds. The first-order valence-electron chi connectivity index (χ1n) is 7.02. The second kappa shape index (κ2) is 5.00. The van der Waals surface area contributed by atoms with Gasteiger partial charge in [-0.3, -0.25) is 0 Å². The monoisotopic (exact) mass is 286 g/mol. The fourth-order valence-corrected chi connectivity index (χ4v) is 2.70. The number of benzene rings is 1. The molecule has 5 heteroatoms. The molecule has 21 heavy (non-hydrogen) atoms. The lowest BCUT2D eigenvalue weighted by atomic mass is 9.94. The second-order valence-electron chi connectivity index (χ2n) is 5.68. The summed E-state index contributed by atoms with van der Waals surface area (Å²) in [6.45, 7) is 4.83. The molecule has 0 radical (unpaired) electrons. The maximum atomic E-state index is 11.3. The summed E-state index contributed by atoms with van der Waals surface area (Å²) in [6.07, 6.45) is 0.949. The van der Waals surface area contributed by atoms with E-state index < -0.39 is 5.97 Å². The van der Waals surface area contributed by atoms with E-state index in [0.717, 1.165) is 17.5 Å². The zero-order chi connectivity index (χ0) is 15.0. The Hall–Kier alpha value is -2.14. The highest BCUT2D eigenvalue weighted by atomic mass is 16.5. The summed E-state index contributed by atoms with van der Waals surface area (Å²) in [7, 11) is 0. The van der Waals surface area contributed by atoms with Crippen LogP contribution >= 0.6 is 0 Å². The number of carboxylic acids is 1. The number of carbonyl (C=O) groups is 1. The number of nitrogens with one attached hydrogen (secondary N) is 1. The van der Waals surface area contributed by atoms with E-state index in [9.17, 15) is 9.90 Å². The zero-order valence-corrected chi connectivity index (χ0v) is 12.1. The number of rotatable bonds is 3. The number of nitrogens with zero attached hydrogens (tertiary/aromatic N) is 1. The first-order valence-corrected chi connectivity index (χ1v) is 7.02. The molecule has 3 rings (SSSR count). The molecule has 2 atom stereocenters. The molecule has 110 valence electrons. The Morgan fingerprint density at radius 2 is 2.24 bits per heavy atom. The maximum absolute atomic E-state index is 11.3. The predicted molar refractivity (Wildman–Crippen MR) is 80.8 cm³/mol. The number of pyridine rings is 1. The predicted octanol–water partition coefficient (Wildman–Crippen LogP) is 2.91. The number of aromatic nitrogens is 1. The van der Waals surface area contributed by atoms with Gasteiger partial charge in [0.05, 0.1) is 17.2 Å². The summed E-state index contributed by atoms with van der Waals surface area (Å²) < 4.78 is 5.64. The molecule has 5 nitrogen and oxygen atoms in total. The average molecular weight is 286 g/mol. The van der Waals surface area contributed by atoms with Crippen LogP contribution in [0.3, 0.4) is 0 Å². The Balaban J connectivity index is 2.10. The highest BCUT2D eigenvalue weighted by molar-refractivity contribution is 5.97. The van der Waals surface area contributed by atoms with E-state index in [1.807, 2.05) is 31.2 Å². The van der Waals surface area contributed by atoms with E-state index in [4.69, 9.17) is 4.74 Å². The first kappa shape index (κ1) is 13.8. The minimum atomic E-state index is -1.02. The summed E-state index contributed by atoms with van der Waals surface area (Å²) in [5.41, 5.74) is 1.30. The molecule has 0 aliphatic carbocycles. The Bertz CT molecular complexity index is 701. The van der Waals surface area contributed by atoms with Gasteiger partial charge in [-0.2, -0.15) is 0 Å². The van der Waals surface area contributed by atoms with Gasteiger partial charge >= 0.3 is 5.97 Å². The molecular formula is C16H18N2O3. The second-order valence-corrected chi connectivity index (χ2v) is 5.68. The number of ether oxygens (including phenoxy) is 1. The number of para-hydroxylation sites is 1. The van der Waals surface area contributed by atoms with Crippen molar-refractivity contribution in [3.63, 3.8) is 0 Å². The van der Waals surface area contributed by atoms with Crippen LogP contribution in [0.1, 0.15) is 30.8 Å². The van der Waals surface area contributed by atoms with E-state index in [-0.39, 0.29) is 17.3 Å². The van der Waals surface area contributed by atoms with Crippen molar-refractivity contribution in [1.29, 1.82) is 0 Å². The Morgan fingerprint density at radius 1 is 1.48 bits per heavy atom. The molecule has 1 aromatic heterocycles. The molecule has 1 aromatic carbocycles. The van der Waals surface area contributed by atoms with Gasteiger partial charge in [-0.25, -0.2) is 9.78 Å². The number of fused-ring (bicyclic) bond motifs is 1. The minimum Gasteiger partial charge on any atom is -0.477 e. The van der Waals surface area contributed by atoms with Gasteiger partial charge in [0.25, 0.3) is 0 Å². The van der Waals surface area contributed by atoms with E-state index in [0.29, 0.717) is 12.1 Å². The van der Waals surface area contributed by atoms with Crippen molar-refractivity contribution in [2.75, 3.05) is 11.9 Å². The normalized spacial score (nSPS) is 25.1. The summed E-state index contributed by atoms with van der Waals surface area (Å²) >= 11 is 0. The van der Waals surface area contributed by atoms with Crippen LogP contribution in [0.4, 0.5) is 5.69 Å². The molecule has 2 aromatic rings. The molecule has 1 saturated heterocycles. The summed E-state index contributed by atoms with van der Waals surface area (Å²) in [4.78, 5) is 15.4. The van der Waals surface area contributed by atoms with Crippen molar-refractivity contribution in [3.05, 3.63) is 36.0 Å². The Kier molecular flexibility index (Phi) is 3.29. The molecule has 0 saturated carbocycles. The lowest BCUT2D eigenvalue weighted by Gasteiger charge is -2.30. The van der Waals surface area contributed by atoms with Crippen LogP contribution in [0.2, 0.25) is 0 Å². The number of hydrogen-bond acceptors (Lipinski definition) is 4. The summed E-state index contributed by atoms with van der Waals surface area (Å²) in [6, 6.07) is 9.14. The largest absolute Gasteiger partial charge is 0.477 e. The molecule has 2 unspecified atom stereocenters. The molecule has 0 bridgehead atoms. The number of carboxylic acid groups (broad SMARTS) is 1. The van der Waals surface area contributed by atoms with Crippen molar-refractivity contribution < 1.29 is 14.6 Å². The van der Waals surface area contributed by atoms with Crippen molar-refractivity contribution in [2.45, 2.75) is 31.9 Å². The minimum absolute atomic E-state index is 0.0476. The van der Waals surface area contributed by atoms with Crippen LogP contribution in [-0.4, -0.2) is 34.3 Å². The average Bonchev–Trinajstić information content (AvgIpc) is 2.78. The van der Waals surface area contributed by atoms with Crippen LogP contribution in [0.15, 0.2) is 30.3 Å². The van der Waals surface area contributed by atoms with Gasteiger partial charge in [-0.15, -0.1) is 0 Å². The van der Waals surface area contributed by atoms with Crippen LogP contribution in [-0.2, 0) is 4.74 Å². The van der Waals surface area contributed by atoms with Gasteiger partial charge in [0.15, 0.2) is 5.69 Å². The maximum Gasteiger partial charge on any atom is 0.354 e.